The van der Waals surface area contributed by atoms with Gasteiger partial charge in [0.05, 0.1) is 0 Å². The number of rotatable bonds is 3. The second-order valence-electron chi connectivity index (χ2n) is 2.65. The number of hydrogen-bond acceptors (Lipinski definition) is 3. The molecule has 0 rings (SSSR count). The van der Waals surface area contributed by atoms with Crippen molar-refractivity contribution in [2.45, 2.75) is 24.1 Å². The zero-order valence-corrected chi connectivity index (χ0v) is 17.5. The van der Waals surface area contributed by atoms with Crippen LogP contribution in [0.1, 0.15) is 19.8 Å². The molecule has 3 nitrogen and oxygen atoms in total. The van der Waals surface area contributed by atoms with Crippen molar-refractivity contribution in [2.75, 3.05) is 0 Å². The second-order valence-corrected chi connectivity index (χ2v) is 16.2. The molecule has 0 aromatic rings. The Kier molecular flexibility index (Phi) is 8.53. The molecule has 0 aliphatic rings. The maximum Gasteiger partial charge on any atom is 0.335 e. The lowest BCUT2D eigenvalue weighted by atomic mass is 10.3. The van der Waals surface area contributed by atoms with Crippen LogP contribution in [0.2, 0.25) is 0 Å². The molecular weight excluding hydrogens is 610 g/mol. The van der Waals surface area contributed by atoms with Crippen LogP contribution in [-0.4, -0.2) is 16.0 Å². The molecule has 0 spiro atoms. The van der Waals surface area contributed by atoms with E-state index in [0.29, 0.717) is 18.6 Å². The van der Waals surface area contributed by atoms with Crippen LogP contribution in [0, 0.1) is 0 Å². The summed E-state index contributed by atoms with van der Waals surface area (Å²) in [6.07, 6.45) is 1.05. The van der Waals surface area contributed by atoms with Gasteiger partial charge in [0.15, 0.2) is 4.29 Å². The van der Waals surface area contributed by atoms with Gasteiger partial charge in [-0.05, 0) is 6.42 Å². The first-order valence-electron chi connectivity index (χ1n) is 4.01. The summed E-state index contributed by atoms with van der Waals surface area (Å²) in [6.45, 7) is 1.89. The fourth-order valence-electron chi connectivity index (χ4n) is 0.611. The lowest BCUT2D eigenvalue weighted by Gasteiger charge is -2.21. The molecule has 0 aromatic carbocycles. The third kappa shape index (κ3) is 7.45. The number of oxime groups is 1. The molecule has 9 heteroatoms. The lowest BCUT2D eigenvalue weighted by Crippen LogP contribution is -2.30. The molecule has 0 aliphatic carbocycles. The van der Waals surface area contributed by atoms with Crippen molar-refractivity contribution in [2.24, 2.45) is 5.16 Å². The quantitative estimate of drug-likeness (QED) is 0.185. The van der Waals surface area contributed by atoms with Gasteiger partial charge < -0.3 is 4.84 Å². The van der Waals surface area contributed by atoms with E-state index in [9.17, 15) is 4.79 Å². The molecule has 0 saturated heterocycles. The molecule has 0 radical (unpaired) electrons. The molecule has 0 aliphatic heterocycles. The number of alkyl halides is 6. The van der Waals surface area contributed by atoms with Crippen LogP contribution in [0.25, 0.3) is 0 Å². The number of carbonyl (C=O) groups is 1. The summed E-state index contributed by atoms with van der Waals surface area (Å²) in [5, 5.41) is 3.77. The third-order valence-corrected chi connectivity index (χ3v) is 3.48. The highest BCUT2D eigenvalue weighted by atomic mass is 80.0. The summed E-state index contributed by atoms with van der Waals surface area (Å²) in [5.74, 6) is -0.381. The maximum absolute atomic E-state index is 11.2. The monoisotopic (exact) mass is 611 g/mol. The molecule has 0 unspecified atom stereocenters. The minimum atomic E-state index is -0.796. The van der Waals surface area contributed by atoms with Crippen LogP contribution in [0.5, 0.6) is 0 Å². The topological polar surface area (TPSA) is 38.7 Å². The summed E-state index contributed by atoms with van der Waals surface area (Å²) in [6, 6.07) is 0. The molecule has 0 heterocycles. The SMILES string of the molecule is CCCC(=O)ON=C(C(Br)(Br)Br)C(Br)(Br)Br. The Morgan fingerprint density at radius 1 is 1.12 bits per heavy atom. The lowest BCUT2D eigenvalue weighted by molar-refractivity contribution is -0.143. The third-order valence-electron chi connectivity index (χ3n) is 1.23. The van der Waals surface area contributed by atoms with E-state index in [1.54, 1.807) is 0 Å². The van der Waals surface area contributed by atoms with E-state index in [-0.39, 0.29) is 5.97 Å². The largest absolute Gasteiger partial charge is 0.335 e. The Labute approximate surface area is 144 Å². The fraction of sp³-hybridized carbons (Fsp3) is 0.714. The average molecular weight is 617 g/mol. The zero-order valence-electron chi connectivity index (χ0n) is 7.95. The molecule has 94 valence electrons. The molecule has 0 bridgehead atoms. The minimum absolute atomic E-state index is 0.330. The van der Waals surface area contributed by atoms with Gasteiger partial charge in [-0.3, -0.25) is 0 Å². The number of halogens is 6. The predicted molar refractivity (Wildman–Crippen MR) is 87.5 cm³/mol. The van der Waals surface area contributed by atoms with Crippen LogP contribution in [0.4, 0.5) is 0 Å². The van der Waals surface area contributed by atoms with Crippen LogP contribution in [0.3, 0.4) is 0 Å². The van der Waals surface area contributed by atoms with Crippen molar-refractivity contribution >= 4 is 107 Å². The van der Waals surface area contributed by atoms with Crippen molar-refractivity contribution < 1.29 is 9.63 Å². The highest BCUT2D eigenvalue weighted by Gasteiger charge is 2.40. The summed E-state index contributed by atoms with van der Waals surface area (Å²) in [7, 11) is 0. The highest BCUT2D eigenvalue weighted by Crippen LogP contribution is 2.47. The highest BCUT2D eigenvalue weighted by molar-refractivity contribution is 9.42. The molecule has 0 saturated carbocycles. The van der Waals surface area contributed by atoms with E-state index in [1.807, 2.05) is 6.92 Å². The zero-order chi connectivity index (χ0) is 13.0. The predicted octanol–water partition coefficient (Wildman–Crippen LogP) is 5.36. The first kappa shape index (κ1) is 18.0. The Balaban J connectivity index is 4.80. The van der Waals surface area contributed by atoms with Gasteiger partial charge in [-0.15, -0.1) is 0 Å². The molecule has 0 fully saturated rings. The Bertz CT molecular complexity index is 264. The second kappa shape index (κ2) is 7.57. The van der Waals surface area contributed by atoms with Crippen LogP contribution in [-0.2, 0) is 9.63 Å². The van der Waals surface area contributed by atoms with Crippen molar-refractivity contribution in [3.8, 4) is 0 Å². The normalized spacial score (nSPS) is 12.2. The van der Waals surface area contributed by atoms with Crippen LogP contribution in [0.15, 0.2) is 5.16 Å². The maximum atomic E-state index is 11.2. The summed E-state index contributed by atoms with van der Waals surface area (Å²) >= 11 is 19.7. The first-order valence-corrected chi connectivity index (χ1v) is 8.77. The Morgan fingerprint density at radius 2 is 1.56 bits per heavy atom. The van der Waals surface area contributed by atoms with Crippen molar-refractivity contribution in [1.29, 1.82) is 0 Å². The van der Waals surface area contributed by atoms with Gasteiger partial charge in [0, 0.05) is 6.42 Å². The summed E-state index contributed by atoms with van der Waals surface area (Å²) in [4.78, 5) is 15.9. The van der Waals surface area contributed by atoms with Gasteiger partial charge in [-0.25, -0.2) is 4.79 Å². The van der Waals surface area contributed by atoms with Gasteiger partial charge in [-0.1, -0.05) is 108 Å². The fourth-order valence-corrected chi connectivity index (χ4v) is 5.22. The van der Waals surface area contributed by atoms with Gasteiger partial charge in [0.1, 0.15) is 5.71 Å². The van der Waals surface area contributed by atoms with E-state index in [2.05, 4.69) is 101 Å². The first-order chi connectivity index (χ1) is 7.09. The molecule has 16 heavy (non-hydrogen) atoms. The van der Waals surface area contributed by atoms with Gasteiger partial charge in [-0.2, -0.15) is 0 Å². The molecule has 0 amide bonds. The Morgan fingerprint density at radius 3 is 1.88 bits per heavy atom. The minimum Gasteiger partial charge on any atom is -0.318 e. The number of nitrogens with zero attached hydrogens (tertiary/aromatic N) is 1. The van der Waals surface area contributed by atoms with Gasteiger partial charge in [0.2, 0.25) is 0 Å². The van der Waals surface area contributed by atoms with Gasteiger partial charge >= 0.3 is 5.97 Å². The van der Waals surface area contributed by atoms with E-state index < -0.39 is 4.29 Å². The Hall–Kier alpha value is 2.02. The molecular formula is C7H7Br6NO2. The number of hydrogen-bond donors (Lipinski definition) is 0. The van der Waals surface area contributed by atoms with Crippen LogP contribution < -0.4 is 0 Å². The van der Waals surface area contributed by atoms with Crippen LogP contribution >= 0.6 is 95.6 Å². The van der Waals surface area contributed by atoms with Gasteiger partial charge in [0.25, 0.3) is 0 Å². The summed E-state index contributed by atoms with van der Waals surface area (Å²) in [5.41, 5.74) is 0.407. The van der Waals surface area contributed by atoms with E-state index >= 15 is 0 Å². The molecule has 0 aromatic heterocycles. The van der Waals surface area contributed by atoms with E-state index in [0.717, 1.165) is 0 Å². The van der Waals surface area contributed by atoms with Crippen molar-refractivity contribution in [1.82, 2.24) is 0 Å². The van der Waals surface area contributed by atoms with E-state index in [1.165, 1.54) is 0 Å². The molecule has 0 atom stereocenters. The standard InChI is InChI=1S/C7H7Br6NO2/c1-2-3-4(15)16-14-5(6(8,9)10)7(11,12)13/h2-3H2,1H3. The summed E-state index contributed by atoms with van der Waals surface area (Å²) < 4.78 is -1.59. The molecule has 0 N–H and O–H groups in total. The smallest absolute Gasteiger partial charge is 0.318 e. The van der Waals surface area contributed by atoms with Crippen molar-refractivity contribution in [3.63, 3.8) is 0 Å². The van der Waals surface area contributed by atoms with Crippen molar-refractivity contribution in [3.05, 3.63) is 0 Å². The number of carbonyl (C=O) groups excluding carboxylic acids is 1. The van der Waals surface area contributed by atoms with E-state index in [4.69, 9.17) is 4.84 Å². The average Bonchev–Trinajstić information content (AvgIpc) is 1.99.